The lowest BCUT2D eigenvalue weighted by atomic mass is 9.77. The zero-order valence-corrected chi connectivity index (χ0v) is 89.8. The second-order valence-electron chi connectivity index (χ2n) is 42.9. The summed E-state index contributed by atoms with van der Waals surface area (Å²) in [5, 5.41) is 67.2. The van der Waals surface area contributed by atoms with Crippen molar-refractivity contribution in [3.8, 4) is 40.0 Å². The summed E-state index contributed by atoms with van der Waals surface area (Å²) in [7, 11) is 20.4. The Labute approximate surface area is 801 Å². The Morgan fingerprint density at radius 2 is 0.694 bits per heavy atom. The van der Waals surface area contributed by atoms with Crippen LogP contribution in [0, 0.1) is 12.3 Å². The third-order valence-corrected chi connectivity index (χ3v) is 20.0. The van der Waals surface area contributed by atoms with Crippen LogP contribution in [0.4, 0.5) is 4.79 Å². The molecule has 0 spiro atoms. The second kappa shape index (κ2) is 52.7. The molecule has 0 aliphatic carbocycles. The fraction of sp³-hybridized carbons (Fsp3) is 0.562. The van der Waals surface area contributed by atoms with E-state index in [0.717, 1.165) is 38.9 Å². The van der Waals surface area contributed by atoms with E-state index in [1.54, 1.807) is 96.7 Å². The van der Waals surface area contributed by atoms with E-state index >= 15 is 0 Å². The summed E-state index contributed by atoms with van der Waals surface area (Å²) in [4.78, 5) is 119. The molecule has 6 aromatic rings. The number of likely N-dealkylation sites (N-methyl/N-ethyl adjacent to an activating group) is 1. The Morgan fingerprint density at radius 1 is 0.425 bits per heavy atom. The van der Waals surface area contributed by atoms with Gasteiger partial charge in [0.1, 0.15) is 46.6 Å². The van der Waals surface area contributed by atoms with Gasteiger partial charge in [-0.1, -0.05) is 208 Å². The molecule has 0 fully saturated rings. The van der Waals surface area contributed by atoms with E-state index in [-0.39, 0.29) is 137 Å². The highest BCUT2D eigenvalue weighted by atomic mass is 16.7. The number of esters is 1. The maximum atomic E-state index is 13.1. The van der Waals surface area contributed by atoms with Crippen molar-refractivity contribution in [2.24, 2.45) is 11.5 Å². The number of benzene rings is 5. The lowest BCUT2D eigenvalue weighted by Crippen LogP contribution is -2.30. The Bertz CT molecular complexity index is 4710. The predicted molar refractivity (Wildman–Crippen MR) is 539 cm³/mol. The fourth-order valence-corrected chi connectivity index (χ4v) is 12.7. The second-order valence-corrected chi connectivity index (χ2v) is 42.9. The molecule has 3 amide bonds. The molecule has 752 valence electrons. The number of methoxy groups -OCH3 is 5. The van der Waals surface area contributed by atoms with Gasteiger partial charge < -0.3 is 81.5 Å². The fourth-order valence-electron chi connectivity index (χ4n) is 12.7. The predicted octanol–water partition coefficient (Wildman–Crippen LogP) is 18.7. The van der Waals surface area contributed by atoms with Crippen LogP contribution in [0.5, 0.6) is 28.7 Å². The molecule has 0 radical (unpaired) electrons. The number of carbonyl (C=O) groups excluding carboxylic acids is 9. The van der Waals surface area contributed by atoms with Gasteiger partial charge in [0.25, 0.3) is 11.8 Å². The molecule has 29 nitrogen and oxygen atoms in total. The Morgan fingerprint density at radius 3 is 0.903 bits per heavy atom. The molecular formula is C105H168N10O19. The van der Waals surface area contributed by atoms with Gasteiger partial charge in [-0.05, 0) is 157 Å². The number of aromatic nitrogens is 2. The van der Waals surface area contributed by atoms with Crippen molar-refractivity contribution in [3.05, 3.63) is 168 Å². The van der Waals surface area contributed by atoms with Gasteiger partial charge in [-0.3, -0.25) is 48.7 Å². The summed E-state index contributed by atoms with van der Waals surface area (Å²) in [6.07, 6.45) is 1.71. The van der Waals surface area contributed by atoms with Crippen LogP contribution in [0.15, 0.2) is 78.6 Å². The molecular weight excluding hydrogens is 1710 g/mol. The van der Waals surface area contributed by atoms with E-state index < -0.39 is 18.0 Å². The Hall–Kier alpha value is -11.1. The first kappa shape index (κ1) is 127. The summed E-state index contributed by atoms with van der Waals surface area (Å²) >= 11 is 0. The lowest BCUT2D eigenvalue weighted by Gasteiger charge is -2.28. The number of hydrogen-bond donors (Lipinski definition) is 11. The topological polar surface area (TPSA) is 445 Å². The van der Waals surface area contributed by atoms with E-state index in [9.17, 15) is 68.7 Å². The largest absolute Gasteiger partial charge is 0.507 e. The smallest absolute Gasteiger partial charge is 0.507 e. The van der Waals surface area contributed by atoms with Crippen LogP contribution in [-0.4, -0.2) is 202 Å². The number of rotatable bonds is 16. The number of phenols is 5. The number of phenolic OH excluding ortho intramolecular Hbond substituents is 5. The number of hydrogen-bond acceptors (Lipinski definition) is 25. The van der Waals surface area contributed by atoms with Crippen molar-refractivity contribution >= 4 is 58.8 Å². The number of ketones is 4. The minimum atomic E-state index is -0.657. The highest BCUT2D eigenvalue weighted by Gasteiger charge is 2.35. The summed E-state index contributed by atoms with van der Waals surface area (Å²) in [5.41, 5.74) is 17.8. The van der Waals surface area contributed by atoms with Gasteiger partial charge in [0.2, 0.25) is 12.3 Å². The molecule has 29 heteroatoms. The van der Waals surface area contributed by atoms with Crippen molar-refractivity contribution in [2.45, 2.75) is 302 Å². The summed E-state index contributed by atoms with van der Waals surface area (Å²) in [6, 6.07) is 17.6. The molecule has 0 saturated heterocycles. The molecule has 0 unspecified atom stereocenters. The Balaban J connectivity index is -0.00000152. The molecule has 0 aliphatic rings. The maximum absolute atomic E-state index is 13.1. The van der Waals surface area contributed by atoms with Crippen LogP contribution >= 0.6 is 0 Å². The molecule has 0 saturated carbocycles. The zero-order chi connectivity index (χ0) is 106. The first-order valence-electron chi connectivity index (χ1n) is 44.2. The molecule has 0 bridgehead atoms. The molecule has 13 N–H and O–H groups in total. The highest BCUT2D eigenvalue weighted by molar-refractivity contribution is 6.25. The zero-order valence-electron chi connectivity index (χ0n) is 89.8. The van der Waals surface area contributed by atoms with Crippen molar-refractivity contribution in [1.29, 1.82) is 5.41 Å². The van der Waals surface area contributed by atoms with Gasteiger partial charge in [0.05, 0.1) is 44.8 Å². The monoisotopic (exact) mass is 1870 g/mol. The molecule has 5 aromatic carbocycles. The first-order valence-corrected chi connectivity index (χ1v) is 44.2. The van der Waals surface area contributed by atoms with Crippen molar-refractivity contribution < 1.29 is 92.4 Å². The van der Waals surface area contributed by atoms with E-state index in [4.69, 9.17) is 20.6 Å². The number of Topliss-reactive ketones (excluding diaryl/α,β-unsaturated/α-hetero) is 4. The van der Waals surface area contributed by atoms with Crippen LogP contribution < -0.4 is 27.4 Å². The normalized spacial score (nSPS) is 11.7. The van der Waals surface area contributed by atoms with Gasteiger partial charge >= 0.3 is 12.1 Å². The average Bonchev–Trinajstić information content (AvgIpc) is 0.762. The number of ether oxygens (including phenoxy) is 5. The lowest BCUT2D eigenvalue weighted by molar-refractivity contribution is -0.179. The standard InChI is InChI=1S/C21H29N3O2.C21H32N2O3.C18H27NO3.C18H26O4.C16H24O2.C5H13NO2.C3H6O3.C2H6N2.CH5N/c1-12-23-11-14(19(26)22-8)17(24-12)13-9-15(20(2,3)4)18(25)16(10-13)21(5,6)7;1-20(2,3)15-10-13(11-16(18(15)25)21(4,5)6)17(24)14(12-23(8)9)19(26)22-7;1-17(2,3)12-8-11(14(20)10-15(21)19-7)9-13(16(12)22)18(4,5)6;1-17(2,3)12-8-11(14(19)10-15(20)22-7)9-13(16(12)21)18(4,5)6;1-10(17)11-8-12(15(2,3)4)14(18)13(9-11)16(5,6)7;1-6(2)5(7-3)8-4;1-5-3(4)6-2;1-2(3)4;1-2/h9-11,25H,1-8H3,(H,22,26);10-12,25H,1-9H3,(H,22,26);8-9,22H,10H2,1-7H3,(H,19,21);8-9,21H,10H2,1-7H3;8-9,18H,1-7H3;5H,1-4H3;1-2H3;1H3,(H3,3,4);2H2,1H3. The van der Waals surface area contributed by atoms with Crippen molar-refractivity contribution in [1.82, 2.24) is 35.7 Å². The van der Waals surface area contributed by atoms with Crippen molar-refractivity contribution in [2.75, 3.05) is 91.9 Å². The van der Waals surface area contributed by atoms with E-state index in [1.165, 1.54) is 55.6 Å². The quantitative estimate of drug-likeness (QED) is 0.00626. The van der Waals surface area contributed by atoms with Crippen LogP contribution in [-0.2, 0) is 92.2 Å². The number of aromatic hydroxyl groups is 5. The molecule has 0 atom stereocenters. The number of nitrogens with one attached hydrogen (secondary N) is 4. The number of amides is 3. The van der Waals surface area contributed by atoms with Crippen LogP contribution in [0.25, 0.3) is 11.3 Å². The summed E-state index contributed by atoms with van der Waals surface area (Å²) in [6.45, 7) is 65.2. The van der Waals surface area contributed by atoms with Gasteiger partial charge in [0, 0.05) is 145 Å². The number of amidine groups is 1. The molecule has 1 heterocycles. The van der Waals surface area contributed by atoms with Crippen LogP contribution in [0.3, 0.4) is 0 Å². The van der Waals surface area contributed by atoms with E-state index in [0.29, 0.717) is 73.1 Å². The number of aryl methyl sites for hydroxylation is 1. The molecule has 1 aromatic heterocycles. The maximum Gasteiger partial charge on any atom is 0.507 e. The van der Waals surface area contributed by atoms with Gasteiger partial charge in [0.15, 0.2) is 23.1 Å². The molecule has 0 aliphatic heterocycles. The minimum Gasteiger partial charge on any atom is -0.507 e. The minimum absolute atomic E-state index is 0.0333. The van der Waals surface area contributed by atoms with Crippen LogP contribution in [0.2, 0.25) is 0 Å². The average molecular weight is 1870 g/mol. The summed E-state index contributed by atoms with van der Waals surface area (Å²) in [5.74, 6) is -0.380. The molecule has 134 heavy (non-hydrogen) atoms. The third kappa shape index (κ3) is 41.0. The number of nitrogens with zero attached hydrogens (tertiary/aromatic N) is 4. The van der Waals surface area contributed by atoms with E-state index in [1.807, 2.05) is 209 Å². The van der Waals surface area contributed by atoms with Crippen molar-refractivity contribution in [3.63, 3.8) is 0 Å². The third-order valence-electron chi connectivity index (χ3n) is 20.0. The Kier molecular flexibility index (Phi) is 49.9. The highest BCUT2D eigenvalue weighted by Crippen LogP contribution is 2.47. The van der Waals surface area contributed by atoms with Gasteiger partial charge in [-0.25, -0.2) is 14.8 Å². The van der Waals surface area contributed by atoms with Gasteiger partial charge in [-0.2, -0.15) is 0 Å². The van der Waals surface area contributed by atoms with Gasteiger partial charge in [-0.15, -0.1) is 0 Å². The number of nitrogens with two attached hydrogens (primary N) is 2. The molecule has 6 rings (SSSR count). The van der Waals surface area contributed by atoms with E-state index in [2.05, 4.69) is 87.4 Å². The SMILES string of the molecule is CC(=N)N.CC(=O)c1cc(C(C)(C)C)c(O)c(C(C)(C)C)c1.CN.CNC(=O)C(=CN(C)C)C(=O)c1cc(C(C)(C)C)c(O)c(C(C)(C)C)c1.CNC(=O)CC(=O)c1cc(C(C)(C)C)c(O)c(C(C)(C)C)c1.CNC(=O)c1cnc(C)nc1-c1cc(C(C)(C)C)c(O)c(C(C)(C)C)c1.COC(=O)CC(=O)c1cc(C(C)(C)C)c(O)c(C(C)(C)C)c1.COC(=O)OC.COC(OC)N(C)C. The first-order chi connectivity index (χ1) is 60.5. The van der Waals surface area contributed by atoms with Crippen LogP contribution in [0.1, 0.15) is 348 Å². The number of carbonyl (C=O) groups is 9. The summed E-state index contributed by atoms with van der Waals surface area (Å²) < 4.78 is 22.4.